The summed E-state index contributed by atoms with van der Waals surface area (Å²) in [6, 6.07) is 0. The predicted octanol–water partition coefficient (Wildman–Crippen LogP) is 2.83. The second-order valence-electron chi connectivity index (χ2n) is 4.02. The van der Waals surface area contributed by atoms with Crippen LogP contribution in [0.25, 0.3) is 0 Å². The normalized spacial score (nSPS) is 17.4. The lowest BCUT2D eigenvalue weighted by Crippen LogP contribution is -2.35. The Bertz CT molecular complexity index is 204. The number of amides is 1. The first kappa shape index (κ1) is 14.5. The van der Waals surface area contributed by atoms with Crippen LogP contribution in [0.3, 0.4) is 0 Å². The third-order valence-corrected chi connectivity index (χ3v) is 4.25. The SMILES string of the molecule is O=C(CC1CCSCC1)N(CCCl)CCCl. The quantitative estimate of drug-likeness (QED) is 0.699. The Labute approximate surface area is 112 Å². The van der Waals surface area contributed by atoms with Gasteiger partial charge in [0.1, 0.15) is 0 Å². The minimum atomic E-state index is 0.221. The Hall–Kier alpha value is 0.400. The summed E-state index contributed by atoms with van der Waals surface area (Å²) in [4.78, 5) is 13.8. The third-order valence-electron chi connectivity index (χ3n) is 2.87. The smallest absolute Gasteiger partial charge is 0.222 e. The second-order valence-corrected chi connectivity index (χ2v) is 6.00. The Balaban J connectivity index is 2.34. The van der Waals surface area contributed by atoms with Gasteiger partial charge in [0, 0.05) is 31.3 Å². The van der Waals surface area contributed by atoms with Crippen molar-refractivity contribution < 1.29 is 4.79 Å². The molecule has 1 saturated heterocycles. The molecule has 0 aliphatic carbocycles. The Kier molecular flexibility index (Phi) is 7.67. The molecule has 16 heavy (non-hydrogen) atoms. The van der Waals surface area contributed by atoms with Crippen molar-refractivity contribution >= 4 is 40.9 Å². The highest BCUT2D eigenvalue weighted by Gasteiger charge is 2.20. The van der Waals surface area contributed by atoms with Gasteiger partial charge in [0.25, 0.3) is 0 Å². The number of rotatable bonds is 6. The van der Waals surface area contributed by atoms with E-state index in [1.807, 2.05) is 11.8 Å². The number of hydrogen-bond acceptors (Lipinski definition) is 2. The fraction of sp³-hybridized carbons (Fsp3) is 0.909. The van der Waals surface area contributed by atoms with E-state index in [0.717, 1.165) is 0 Å². The molecule has 5 heteroatoms. The number of thioether (sulfide) groups is 1. The largest absolute Gasteiger partial charge is 0.340 e. The lowest BCUT2D eigenvalue weighted by Gasteiger charge is -2.25. The fourth-order valence-corrected chi connectivity index (χ4v) is 3.50. The summed E-state index contributed by atoms with van der Waals surface area (Å²) in [5.41, 5.74) is 0. The van der Waals surface area contributed by atoms with Gasteiger partial charge in [-0.2, -0.15) is 11.8 Å². The zero-order valence-electron chi connectivity index (χ0n) is 9.46. The molecule has 94 valence electrons. The van der Waals surface area contributed by atoms with Gasteiger partial charge in [0.15, 0.2) is 0 Å². The average Bonchev–Trinajstić information content (AvgIpc) is 2.30. The van der Waals surface area contributed by atoms with Gasteiger partial charge < -0.3 is 4.90 Å². The molecule has 0 radical (unpaired) electrons. The minimum absolute atomic E-state index is 0.221. The Morgan fingerprint density at radius 2 is 1.75 bits per heavy atom. The molecule has 0 aromatic heterocycles. The van der Waals surface area contributed by atoms with Crippen molar-refractivity contribution in [2.24, 2.45) is 5.92 Å². The molecular weight excluding hydrogens is 265 g/mol. The molecule has 1 fully saturated rings. The molecule has 0 N–H and O–H groups in total. The maximum Gasteiger partial charge on any atom is 0.222 e. The van der Waals surface area contributed by atoms with Gasteiger partial charge in [-0.3, -0.25) is 4.79 Å². The van der Waals surface area contributed by atoms with E-state index in [1.54, 1.807) is 4.90 Å². The van der Waals surface area contributed by atoms with Crippen LogP contribution in [0, 0.1) is 5.92 Å². The van der Waals surface area contributed by atoms with Crippen LogP contribution in [0.4, 0.5) is 0 Å². The van der Waals surface area contributed by atoms with Crippen LogP contribution in [0.1, 0.15) is 19.3 Å². The van der Waals surface area contributed by atoms with E-state index >= 15 is 0 Å². The number of carbonyl (C=O) groups excluding carboxylic acids is 1. The van der Waals surface area contributed by atoms with E-state index in [0.29, 0.717) is 37.2 Å². The van der Waals surface area contributed by atoms with E-state index in [1.165, 1.54) is 24.3 Å². The van der Waals surface area contributed by atoms with E-state index in [4.69, 9.17) is 23.2 Å². The number of halogens is 2. The summed E-state index contributed by atoms with van der Waals surface area (Å²) in [6.45, 7) is 1.24. The molecule has 1 amide bonds. The topological polar surface area (TPSA) is 20.3 Å². The third kappa shape index (κ3) is 5.15. The summed E-state index contributed by atoms with van der Waals surface area (Å²) in [5, 5.41) is 0. The van der Waals surface area contributed by atoms with Crippen molar-refractivity contribution in [2.45, 2.75) is 19.3 Å². The van der Waals surface area contributed by atoms with Crippen LogP contribution in [0.5, 0.6) is 0 Å². The van der Waals surface area contributed by atoms with E-state index in [2.05, 4.69) is 0 Å². The lowest BCUT2D eigenvalue weighted by molar-refractivity contribution is -0.131. The summed E-state index contributed by atoms with van der Waals surface area (Å²) < 4.78 is 0. The van der Waals surface area contributed by atoms with E-state index in [9.17, 15) is 4.79 Å². The summed E-state index contributed by atoms with van der Waals surface area (Å²) in [6.07, 6.45) is 3.02. The molecule has 1 aliphatic heterocycles. The monoisotopic (exact) mass is 283 g/mol. The maximum absolute atomic E-state index is 12.0. The van der Waals surface area contributed by atoms with Crippen molar-refractivity contribution in [2.75, 3.05) is 36.4 Å². The first-order valence-electron chi connectivity index (χ1n) is 5.75. The maximum atomic E-state index is 12.0. The highest BCUT2D eigenvalue weighted by molar-refractivity contribution is 7.99. The first-order valence-corrected chi connectivity index (χ1v) is 7.97. The molecule has 0 spiro atoms. The fourth-order valence-electron chi connectivity index (χ4n) is 1.89. The molecule has 0 bridgehead atoms. The Morgan fingerprint density at radius 1 is 1.19 bits per heavy atom. The van der Waals surface area contributed by atoms with E-state index in [-0.39, 0.29) is 5.91 Å². The zero-order chi connectivity index (χ0) is 11.8. The second kappa shape index (κ2) is 8.48. The van der Waals surface area contributed by atoms with Crippen molar-refractivity contribution in [1.82, 2.24) is 4.90 Å². The van der Waals surface area contributed by atoms with Gasteiger partial charge >= 0.3 is 0 Å². The molecular formula is C11H19Cl2NOS. The number of nitrogens with zero attached hydrogens (tertiary/aromatic N) is 1. The van der Waals surface area contributed by atoms with Gasteiger partial charge in [0.2, 0.25) is 5.91 Å². The number of hydrogen-bond donors (Lipinski definition) is 0. The van der Waals surface area contributed by atoms with Crippen LogP contribution in [0.2, 0.25) is 0 Å². The van der Waals surface area contributed by atoms with Gasteiger partial charge in [-0.1, -0.05) is 0 Å². The van der Waals surface area contributed by atoms with E-state index < -0.39 is 0 Å². The first-order chi connectivity index (χ1) is 7.77. The molecule has 1 heterocycles. The van der Waals surface area contributed by atoms with Crippen molar-refractivity contribution in [3.8, 4) is 0 Å². The summed E-state index contributed by atoms with van der Waals surface area (Å²) in [7, 11) is 0. The standard InChI is InChI=1S/C11H19Cl2NOS/c12-3-5-14(6-4-13)11(15)9-10-1-7-16-8-2-10/h10H,1-9H2. The van der Waals surface area contributed by atoms with Crippen molar-refractivity contribution in [1.29, 1.82) is 0 Å². The van der Waals surface area contributed by atoms with Crippen molar-refractivity contribution in [3.63, 3.8) is 0 Å². The van der Waals surface area contributed by atoms with Crippen LogP contribution in [-0.2, 0) is 4.79 Å². The molecule has 0 unspecified atom stereocenters. The number of carbonyl (C=O) groups is 1. The molecule has 2 nitrogen and oxygen atoms in total. The summed E-state index contributed by atoms with van der Waals surface area (Å²) >= 11 is 13.3. The molecule has 0 atom stereocenters. The zero-order valence-corrected chi connectivity index (χ0v) is 11.8. The van der Waals surface area contributed by atoms with Gasteiger partial charge in [-0.05, 0) is 30.3 Å². The van der Waals surface area contributed by atoms with Crippen LogP contribution in [0.15, 0.2) is 0 Å². The van der Waals surface area contributed by atoms with Crippen molar-refractivity contribution in [3.05, 3.63) is 0 Å². The Morgan fingerprint density at radius 3 is 2.25 bits per heavy atom. The highest BCUT2D eigenvalue weighted by Crippen LogP contribution is 2.25. The number of alkyl halides is 2. The molecule has 1 aliphatic rings. The van der Waals surface area contributed by atoms with Crippen LogP contribution >= 0.6 is 35.0 Å². The molecule has 1 rings (SSSR count). The van der Waals surface area contributed by atoms with Gasteiger partial charge in [-0.15, -0.1) is 23.2 Å². The van der Waals surface area contributed by atoms with Gasteiger partial charge in [-0.25, -0.2) is 0 Å². The molecule has 0 saturated carbocycles. The molecule has 0 aromatic carbocycles. The highest BCUT2D eigenvalue weighted by atomic mass is 35.5. The average molecular weight is 284 g/mol. The minimum Gasteiger partial charge on any atom is -0.340 e. The van der Waals surface area contributed by atoms with Crippen LogP contribution in [-0.4, -0.2) is 47.2 Å². The van der Waals surface area contributed by atoms with Gasteiger partial charge in [0.05, 0.1) is 0 Å². The lowest BCUT2D eigenvalue weighted by atomic mass is 9.98. The predicted molar refractivity (Wildman–Crippen MR) is 72.7 cm³/mol. The summed E-state index contributed by atoms with van der Waals surface area (Å²) in [5.74, 6) is 4.16. The van der Waals surface area contributed by atoms with Crippen LogP contribution < -0.4 is 0 Å². The molecule has 0 aromatic rings.